The van der Waals surface area contributed by atoms with Crippen molar-refractivity contribution in [3.8, 4) is 22.8 Å². The Balaban J connectivity index is 1.56. The monoisotopic (exact) mass is 429 g/mol. The molecule has 0 saturated carbocycles. The predicted molar refractivity (Wildman–Crippen MR) is 120 cm³/mol. The van der Waals surface area contributed by atoms with Crippen LogP contribution in [0.3, 0.4) is 0 Å². The Morgan fingerprint density at radius 1 is 1.12 bits per heavy atom. The number of carbonyl (C=O) groups excluding carboxylic acids is 1. The van der Waals surface area contributed by atoms with Crippen LogP contribution in [-0.4, -0.2) is 38.9 Å². The topological polar surface area (TPSA) is 91.2 Å². The van der Waals surface area contributed by atoms with Crippen LogP contribution in [0.25, 0.3) is 22.3 Å². The van der Waals surface area contributed by atoms with Crippen LogP contribution in [0.4, 0.5) is 0 Å². The summed E-state index contributed by atoms with van der Waals surface area (Å²) in [7, 11) is 0. The van der Waals surface area contributed by atoms with Crippen molar-refractivity contribution in [1.29, 1.82) is 0 Å². The molecule has 1 aliphatic heterocycles. The molecule has 32 heavy (non-hydrogen) atoms. The van der Waals surface area contributed by atoms with Gasteiger partial charge in [-0.2, -0.15) is 5.10 Å². The fourth-order valence-corrected chi connectivity index (χ4v) is 3.70. The van der Waals surface area contributed by atoms with Crippen LogP contribution in [0.15, 0.2) is 54.9 Å². The van der Waals surface area contributed by atoms with Gasteiger partial charge in [-0.05, 0) is 50.2 Å². The first-order valence-electron chi connectivity index (χ1n) is 10.6. The number of aromatic nitrogens is 4. The van der Waals surface area contributed by atoms with Gasteiger partial charge in [0.1, 0.15) is 13.2 Å². The van der Waals surface area contributed by atoms with Gasteiger partial charge < -0.3 is 14.8 Å². The van der Waals surface area contributed by atoms with Crippen molar-refractivity contribution in [3.05, 3.63) is 66.1 Å². The Hall–Kier alpha value is -3.94. The number of hydrogen-bond donors (Lipinski definition) is 1. The van der Waals surface area contributed by atoms with E-state index in [0.717, 1.165) is 11.3 Å². The number of pyridine rings is 2. The smallest absolute Gasteiger partial charge is 0.252 e. The van der Waals surface area contributed by atoms with Crippen molar-refractivity contribution < 1.29 is 14.3 Å². The molecular formula is C24H23N5O3. The number of ether oxygens (including phenoxy) is 2. The van der Waals surface area contributed by atoms with Crippen LogP contribution in [-0.2, 0) is 6.54 Å². The first-order chi connectivity index (χ1) is 15.6. The number of nitrogens with one attached hydrogen (secondary N) is 1. The summed E-state index contributed by atoms with van der Waals surface area (Å²) in [5.41, 5.74) is 3.47. The van der Waals surface area contributed by atoms with Gasteiger partial charge in [0, 0.05) is 17.8 Å². The van der Waals surface area contributed by atoms with Crippen LogP contribution >= 0.6 is 0 Å². The van der Waals surface area contributed by atoms with Gasteiger partial charge in [0.25, 0.3) is 5.91 Å². The molecule has 1 aromatic carbocycles. The van der Waals surface area contributed by atoms with Gasteiger partial charge in [-0.15, -0.1) is 0 Å². The molecule has 1 aliphatic rings. The molecule has 1 N–H and O–H groups in total. The Morgan fingerprint density at radius 2 is 1.97 bits per heavy atom. The minimum Gasteiger partial charge on any atom is -0.486 e. The van der Waals surface area contributed by atoms with E-state index in [-0.39, 0.29) is 11.9 Å². The number of hydrogen-bond acceptors (Lipinski definition) is 6. The molecule has 0 atom stereocenters. The third-order valence-corrected chi connectivity index (χ3v) is 5.29. The summed E-state index contributed by atoms with van der Waals surface area (Å²) in [6.07, 6.45) is 3.41. The van der Waals surface area contributed by atoms with E-state index in [1.54, 1.807) is 18.5 Å². The summed E-state index contributed by atoms with van der Waals surface area (Å²) >= 11 is 0. The molecule has 0 fully saturated rings. The molecule has 5 rings (SSSR count). The van der Waals surface area contributed by atoms with E-state index in [9.17, 15) is 4.79 Å². The highest BCUT2D eigenvalue weighted by atomic mass is 16.6. The van der Waals surface area contributed by atoms with Gasteiger partial charge in [0.2, 0.25) is 0 Å². The van der Waals surface area contributed by atoms with Gasteiger partial charge in [-0.3, -0.25) is 9.78 Å². The molecule has 3 aromatic heterocycles. The van der Waals surface area contributed by atoms with E-state index in [0.29, 0.717) is 53.5 Å². The molecule has 0 radical (unpaired) electrons. The van der Waals surface area contributed by atoms with Crippen molar-refractivity contribution >= 4 is 16.9 Å². The maximum absolute atomic E-state index is 13.2. The van der Waals surface area contributed by atoms with Crippen LogP contribution in [0, 0.1) is 0 Å². The molecule has 4 heterocycles. The average Bonchev–Trinajstić information content (AvgIpc) is 3.26. The Labute approximate surface area is 185 Å². The third-order valence-electron chi connectivity index (χ3n) is 5.29. The van der Waals surface area contributed by atoms with Crippen molar-refractivity contribution in [1.82, 2.24) is 25.1 Å². The third kappa shape index (κ3) is 3.75. The molecule has 8 nitrogen and oxygen atoms in total. The van der Waals surface area contributed by atoms with E-state index in [4.69, 9.17) is 14.5 Å². The molecular weight excluding hydrogens is 406 g/mol. The SMILES string of the molecule is CC(C)n1ncc2c(C(=O)NCc3ccccn3)cc(-c3ccc4c(c3)OCCO4)nc21. The number of carbonyl (C=O) groups is 1. The van der Waals surface area contributed by atoms with Crippen LogP contribution in [0.5, 0.6) is 11.5 Å². The number of amides is 1. The normalized spacial score (nSPS) is 12.8. The van der Waals surface area contributed by atoms with Gasteiger partial charge in [0.05, 0.1) is 35.1 Å². The lowest BCUT2D eigenvalue weighted by atomic mass is 10.1. The lowest BCUT2D eigenvalue weighted by Gasteiger charge is -2.19. The van der Waals surface area contributed by atoms with Crippen molar-refractivity contribution in [2.45, 2.75) is 26.4 Å². The second-order valence-electron chi connectivity index (χ2n) is 7.84. The molecule has 0 saturated heterocycles. The van der Waals surface area contributed by atoms with Crippen LogP contribution in [0.2, 0.25) is 0 Å². The fourth-order valence-electron chi connectivity index (χ4n) is 3.70. The summed E-state index contributed by atoms with van der Waals surface area (Å²) in [5.74, 6) is 1.18. The van der Waals surface area contributed by atoms with Gasteiger partial charge in [-0.25, -0.2) is 9.67 Å². The van der Waals surface area contributed by atoms with E-state index in [1.807, 2.05) is 54.9 Å². The molecule has 162 valence electrons. The number of benzene rings is 1. The van der Waals surface area contributed by atoms with Gasteiger partial charge >= 0.3 is 0 Å². The van der Waals surface area contributed by atoms with Crippen molar-refractivity contribution in [2.75, 3.05) is 13.2 Å². The van der Waals surface area contributed by atoms with E-state index in [1.165, 1.54) is 0 Å². The summed E-state index contributed by atoms with van der Waals surface area (Å²) < 4.78 is 13.2. The van der Waals surface area contributed by atoms with Crippen molar-refractivity contribution in [3.63, 3.8) is 0 Å². The zero-order chi connectivity index (χ0) is 22.1. The molecule has 1 amide bonds. The maximum atomic E-state index is 13.2. The van der Waals surface area contributed by atoms with E-state index < -0.39 is 0 Å². The minimum absolute atomic E-state index is 0.0972. The van der Waals surface area contributed by atoms with Gasteiger partial charge in [-0.1, -0.05) is 6.07 Å². The van der Waals surface area contributed by atoms with Crippen molar-refractivity contribution in [2.24, 2.45) is 0 Å². The first kappa shape index (κ1) is 20.0. The highest BCUT2D eigenvalue weighted by Crippen LogP contribution is 2.35. The zero-order valence-corrected chi connectivity index (χ0v) is 17.9. The maximum Gasteiger partial charge on any atom is 0.252 e. The first-order valence-corrected chi connectivity index (χ1v) is 10.6. The quantitative estimate of drug-likeness (QED) is 0.519. The lowest BCUT2D eigenvalue weighted by Crippen LogP contribution is -2.23. The average molecular weight is 429 g/mol. The molecule has 0 unspecified atom stereocenters. The number of nitrogens with zero attached hydrogens (tertiary/aromatic N) is 4. The lowest BCUT2D eigenvalue weighted by molar-refractivity contribution is 0.0952. The summed E-state index contributed by atoms with van der Waals surface area (Å²) in [4.78, 5) is 22.3. The second kappa shape index (κ2) is 8.30. The predicted octanol–water partition coefficient (Wildman–Crippen LogP) is 3.78. The molecule has 0 spiro atoms. The summed E-state index contributed by atoms with van der Waals surface area (Å²) in [5, 5.41) is 8.15. The number of fused-ring (bicyclic) bond motifs is 2. The van der Waals surface area contributed by atoms with Crippen LogP contribution in [0.1, 0.15) is 35.9 Å². The van der Waals surface area contributed by atoms with Gasteiger partial charge in [0.15, 0.2) is 17.1 Å². The fraction of sp³-hybridized carbons (Fsp3) is 0.250. The summed E-state index contributed by atoms with van der Waals surface area (Å²) in [6, 6.07) is 13.2. The Kier molecular flexibility index (Phi) is 5.18. The molecule has 0 bridgehead atoms. The Bertz CT molecular complexity index is 1280. The zero-order valence-electron chi connectivity index (χ0n) is 17.9. The van der Waals surface area contributed by atoms with E-state index in [2.05, 4.69) is 15.4 Å². The molecule has 8 heteroatoms. The number of rotatable bonds is 5. The standard InChI is InChI=1S/C24H23N5O3/c1-15(2)29-23-19(14-27-29)18(24(30)26-13-17-5-3-4-8-25-17)12-20(28-23)16-6-7-21-22(11-16)32-10-9-31-21/h3-8,11-12,14-15H,9-10,13H2,1-2H3,(H,26,30). The Morgan fingerprint density at radius 3 is 2.75 bits per heavy atom. The highest BCUT2D eigenvalue weighted by Gasteiger charge is 2.20. The summed E-state index contributed by atoms with van der Waals surface area (Å²) in [6.45, 7) is 5.44. The van der Waals surface area contributed by atoms with E-state index >= 15 is 0 Å². The molecule has 4 aromatic rings. The second-order valence-corrected chi connectivity index (χ2v) is 7.84. The largest absolute Gasteiger partial charge is 0.486 e. The highest BCUT2D eigenvalue weighted by molar-refractivity contribution is 6.06. The van der Waals surface area contributed by atoms with Crippen LogP contribution < -0.4 is 14.8 Å². The minimum atomic E-state index is -0.204. The molecule has 0 aliphatic carbocycles.